The number of halogens is 2. The van der Waals surface area contributed by atoms with E-state index in [1.54, 1.807) is 6.07 Å². The molecule has 0 radical (unpaired) electrons. The Morgan fingerprint density at radius 3 is 2.82 bits per heavy atom. The molecular weight excluding hydrogens is 222 g/mol. The van der Waals surface area contributed by atoms with E-state index in [1.165, 1.54) is 18.6 Å². The van der Waals surface area contributed by atoms with Crippen molar-refractivity contribution in [2.75, 3.05) is 13.6 Å². The Morgan fingerprint density at radius 1 is 1.41 bits per heavy atom. The fourth-order valence-corrected chi connectivity index (χ4v) is 2.39. The van der Waals surface area contributed by atoms with Gasteiger partial charge < -0.3 is 10.6 Å². The summed E-state index contributed by atoms with van der Waals surface area (Å²) >= 11 is 0. The molecule has 0 amide bonds. The van der Waals surface area contributed by atoms with Crippen LogP contribution < -0.4 is 10.6 Å². The molecule has 2 nitrogen and oxygen atoms in total. The van der Waals surface area contributed by atoms with Gasteiger partial charge in [-0.05, 0) is 50.6 Å². The molecule has 0 aromatic heterocycles. The summed E-state index contributed by atoms with van der Waals surface area (Å²) in [7, 11) is 1.85. The number of hydrogen-bond acceptors (Lipinski definition) is 2. The molecule has 1 aliphatic heterocycles. The van der Waals surface area contributed by atoms with Crippen molar-refractivity contribution in [2.24, 2.45) is 0 Å². The zero-order valence-electron chi connectivity index (χ0n) is 9.97. The number of hydrogen-bond donors (Lipinski definition) is 2. The highest BCUT2D eigenvalue weighted by Crippen LogP contribution is 2.23. The van der Waals surface area contributed by atoms with Gasteiger partial charge in [0.05, 0.1) is 0 Å². The maximum Gasteiger partial charge on any atom is 0.159 e. The molecule has 1 aliphatic rings. The molecule has 1 aromatic rings. The second-order valence-electron chi connectivity index (χ2n) is 4.54. The fourth-order valence-electron chi connectivity index (χ4n) is 2.39. The topological polar surface area (TPSA) is 24.1 Å². The zero-order valence-corrected chi connectivity index (χ0v) is 9.97. The van der Waals surface area contributed by atoms with Gasteiger partial charge in [-0.15, -0.1) is 0 Å². The molecule has 2 unspecified atom stereocenters. The molecule has 1 aromatic carbocycles. The summed E-state index contributed by atoms with van der Waals surface area (Å²) in [4.78, 5) is 0. The van der Waals surface area contributed by atoms with Crippen LogP contribution in [0.5, 0.6) is 0 Å². The van der Waals surface area contributed by atoms with E-state index in [-0.39, 0.29) is 6.04 Å². The Morgan fingerprint density at radius 2 is 2.24 bits per heavy atom. The quantitative estimate of drug-likeness (QED) is 0.844. The van der Waals surface area contributed by atoms with E-state index in [9.17, 15) is 8.78 Å². The summed E-state index contributed by atoms with van der Waals surface area (Å²) in [6.45, 7) is 1.05. The average Bonchev–Trinajstić information content (AvgIpc) is 2.82. The lowest BCUT2D eigenvalue weighted by molar-refractivity contribution is 0.447. The van der Waals surface area contributed by atoms with Crippen LogP contribution in [0.4, 0.5) is 8.78 Å². The van der Waals surface area contributed by atoms with Crippen molar-refractivity contribution in [3.05, 3.63) is 35.4 Å². The third-order valence-corrected chi connectivity index (χ3v) is 3.38. The third kappa shape index (κ3) is 3.01. The van der Waals surface area contributed by atoms with Gasteiger partial charge in [0.2, 0.25) is 0 Å². The van der Waals surface area contributed by atoms with Crippen molar-refractivity contribution >= 4 is 0 Å². The maximum absolute atomic E-state index is 13.2. The van der Waals surface area contributed by atoms with Gasteiger partial charge in [-0.3, -0.25) is 0 Å². The van der Waals surface area contributed by atoms with Gasteiger partial charge in [-0.1, -0.05) is 6.07 Å². The molecule has 2 atom stereocenters. The lowest BCUT2D eigenvalue weighted by Crippen LogP contribution is -2.28. The van der Waals surface area contributed by atoms with Gasteiger partial charge in [-0.2, -0.15) is 0 Å². The van der Waals surface area contributed by atoms with E-state index >= 15 is 0 Å². The first-order valence-electron chi connectivity index (χ1n) is 6.06. The zero-order chi connectivity index (χ0) is 12.3. The SMILES string of the molecule is CNC(CC1CCCN1)c1ccc(F)c(F)c1. The van der Waals surface area contributed by atoms with E-state index in [2.05, 4.69) is 10.6 Å². The standard InChI is InChI=1S/C13H18F2N2/c1-16-13(8-10-3-2-6-17-10)9-4-5-11(14)12(15)7-9/h4-5,7,10,13,16-17H,2-3,6,8H2,1H3. The summed E-state index contributed by atoms with van der Waals surface area (Å²) in [6, 6.07) is 4.66. The normalized spacial score (nSPS) is 21.7. The fraction of sp³-hybridized carbons (Fsp3) is 0.538. The molecule has 2 rings (SSSR count). The van der Waals surface area contributed by atoms with Crippen molar-refractivity contribution in [1.82, 2.24) is 10.6 Å². The van der Waals surface area contributed by atoms with Crippen LogP contribution in [-0.2, 0) is 0 Å². The van der Waals surface area contributed by atoms with Gasteiger partial charge in [0.15, 0.2) is 11.6 Å². The molecular formula is C13H18F2N2. The first kappa shape index (κ1) is 12.5. The molecule has 94 valence electrons. The van der Waals surface area contributed by atoms with Crippen molar-refractivity contribution < 1.29 is 8.78 Å². The van der Waals surface area contributed by atoms with Gasteiger partial charge in [0.1, 0.15) is 0 Å². The van der Waals surface area contributed by atoms with Crippen molar-refractivity contribution in [1.29, 1.82) is 0 Å². The molecule has 2 N–H and O–H groups in total. The van der Waals surface area contributed by atoms with Gasteiger partial charge in [0.25, 0.3) is 0 Å². The minimum absolute atomic E-state index is 0.0701. The Labute approximate surface area is 100 Å². The molecule has 1 fully saturated rings. The van der Waals surface area contributed by atoms with Gasteiger partial charge in [-0.25, -0.2) is 8.78 Å². The number of nitrogens with one attached hydrogen (secondary N) is 2. The minimum atomic E-state index is -0.789. The summed E-state index contributed by atoms with van der Waals surface area (Å²) in [5, 5.41) is 6.57. The van der Waals surface area contributed by atoms with Crippen LogP contribution in [0.1, 0.15) is 30.9 Å². The highest BCUT2D eigenvalue weighted by Gasteiger charge is 2.20. The van der Waals surface area contributed by atoms with E-state index < -0.39 is 11.6 Å². The smallest absolute Gasteiger partial charge is 0.159 e. The average molecular weight is 240 g/mol. The highest BCUT2D eigenvalue weighted by molar-refractivity contribution is 5.21. The molecule has 0 bridgehead atoms. The summed E-state index contributed by atoms with van der Waals surface area (Å²) in [5.41, 5.74) is 0.806. The van der Waals surface area contributed by atoms with Crippen LogP contribution in [0.3, 0.4) is 0 Å². The second-order valence-corrected chi connectivity index (χ2v) is 4.54. The van der Waals surface area contributed by atoms with E-state index in [1.807, 2.05) is 7.05 Å². The Bertz CT molecular complexity index is 376. The van der Waals surface area contributed by atoms with Crippen LogP contribution in [-0.4, -0.2) is 19.6 Å². The highest BCUT2D eigenvalue weighted by atomic mass is 19.2. The molecule has 0 aliphatic carbocycles. The van der Waals surface area contributed by atoms with Crippen molar-refractivity contribution in [2.45, 2.75) is 31.3 Å². The monoisotopic (exact) mass is 240 g/mol. The Balaban J connectivity index is 2.08. The first-order valence-corrected chi connectivity index (χ1v) is 6.06. The number of rotatable bonds is 4. The molecule has 17 heavy (non-hydrogen) atoms. The predicted octanol–water partition coefficient (Wildman–Crippen LogP) is 2.37. The first-order chi connectivity index (χ1) is 8.20. The van der Waals surface area contributed by atoms with Gasteiger partial charge >= 0.3 is 0 Å². The summed E-state index contributed by atoms with van der Waals surface area (Å²) < 4.78 is 26.0. The van der Waals surface area contributed by atoms with Crippen LogP contribution in [0.25, 0.3) is 0 Å². The van der Waals surface area contributed by atoms with Crippen LogP contribution in [0, 0.1) is 11.6 Å². The lowest BCUT2D eigenvalue weighted by Gasteiger charge is -2.21. The predicted molar refractivity (Wildman–Crippen MR) is 63.8 cm³/mol. The Hall–Kier alpha value is -1.00. The molecule has 1 heterocycles. The van der Waals surface area contributed by atoms with Crippen LogP contribution in [0.2, 0.25) is 0 Å². The third-order valence-electron chi connectivity index (χ3n) is 3.38. The maximum atomic E-state index is 13.2. The van der Waals surface area contributed by atoms with E-state index in [0.717, 1.165) is 24.9 Å². The lowest BCUT2D eigenvalue weighted by atomic mass is 9.98. The van der Waals surface area contributed by atoms with Crippen LogP contribution in [0.15, 0.2) is 18.2 Å². The van der Waals surface area contributed by atoms with E-state index in [0.29, 0.717) is 6.04 Å². The largest absolute Gasteiger partial charge is 0.314 e. The molecule has 4 heteroatoms. The molecule has 1 saturated heterocycles. The molecule has 0 spiro atoms. The van der Waals surface area contributed by atoms with Crippen molar-refractivity contribution in [3.63, 3.8) is 0 Å². The van der Waals surface area contributed by atoms with Crippen molar-refractivity contribution in [3.8, 4) is 0 Å². The van der Waals surface area contributed by atoms with Crippen LogP contribution >= 0.6 is 0 Å². The molecule has 0 saturated carbocycles. The summed E-state index contributed by atoms with van der Waals surface area (Å²) in [6.07, 6.45) is 3.25. The second kappa shape index (κ2) is 5.56. The Kier molecular flexibility index (Phi) is 4.07. The minimum Gasteiger partial charge on any atom is -0.314 e. The van der Waals surface area contributed by atoms with E-state index in [4.69, 9.17) is 0 Å². The summed E-state index contributed by atoms with van der Waals surface area (Å²) in [5.74, 6) is -1.57. The number of benzene rings is 1. The van der Waals surface area contributed by atoms with Gasteiger partial charge in [0, 0.05) is 12.1 Å².